The molecule has 0 radical (unpaired) electrons. The Morgan fingerprint density at radius 2 is 1.95 bits per heavy atom. The Balaban J connectivity index is 1.04. The van der Waals surface area contributed by atoms with E-state index in [1.165, 1.54) is 6.26 Å². The van der Waals surface area contributed by atoms with Crippen molar-refractivity contribution in [3.8, 4) is 17.2 Å². The summed E-state index contributed by atoms with van der Waals surface area (Å²) in [6, 6.07) is 15.9. The number of piperidine rings is 1. The predicted molar refractivity (Wildman–Crippen MR) is 152 cm³/mol. The molecule has 0 bridgehead atoms. The second kappa shape index (κ2) is 11.2. The Hall–Kier alpha value is -5.12. The number of ether oxygens (including phenoxy) is 1. The molecule has 0 aliphatic carbocycles. The van der Waals surface area contributed by atoms with Crippen LogP contribution in [0.15, 0.2) is 82.1 Å². The molecule has 0 atom stereocenters. The molecule has 0 spiro atoms. The zero-order valence-corrected chi connectivity index (χ0v) is 22.4. The van der Waals surface area contributed by atoms with E-state index in [1.807, 2.05) is 31.2 Å². The highest BCUT2D eigenvalue weighted by Gasteiger charge is 2.22. The predicted octanol–water partition coefficient (Wildman–Crippen LogP) is 6.04. The molecule has 5 aromatic rings. The maximum absolute atomic E-state index is 13.0. The number of nitrogens with one attached hydrogen (secondary N) is 1. The van der Waals surface area contributed by atoms with Gasteiger partial charge in [0, 0.05) is 29.6 Å². The van der Waals surface area contributed by atoms with Gasteiger partial charge in [0.25, 0.3) is 5.91 Å². The summed E-state index contributed by atoms with van der Waals surface area (Å²) in [7, 11) is 0. The second-order valence-corrected chi connectivity index (χ2v) is 10.0. The molecule has 4 heterocycles. The number of hydrogen-bond donors (Lipinski definition) is 2. The first-order chi connectivity index (χ1) is 19.9. The smallest absolute Gasteiger partial charge is 0.335 e. The van der Waals surface area contributed by atoms with Crippen molar-refractivity contribution < 1.29 is 28.3 Å². The molecule has 2 N–H and O–H groups in total. The Morgan fingerprint density at radius 3 is 2.68 bits per heavy atom. The normalized spacial score (nSPS) is 13.8. The van der Waals surface area contributed by atoms with E-state index in [0.29, 0.717) is 35.4 Å². The monoisotopic (exact) mass is 552 g/mol. The molecule has 10 heteroatoms. The minimum atomic E-state index is -0.968. The number of fused-ring (bicyclic) bond motifs is 1. The van der Waals surface area contributed by atoms with Gasteiger partial charge in [-0.2, -0.15) is 0 Å². The van der Waals surface area contributed by atoms with E-state index in [4.69, 9.17) is 18.7 Å². The van der Waals surface area contributed by atoms with Gasteiger partial charge in [-0.1, -0.05) is 6.07 Å². The van der Waals surface area contributed by atoms with Crippen LogP contribution < -0.4 is 15.0 Å². The quantitative estimate of drug-likeness (QED) is 0.237. The number of carboxylic acid groups (broad SMARTS) is 1. The van der Waals surface area contributed by atoms with Crippen molar-refractivity contribution in [1.29, 1.82) is 0 Å². The van der Waals surface area contributed by atoms with E-state index < -0.39 is 5.97 Å². The number of furan rings is 1. The second-order valence-electron chi connectivity index (χ2n) is 10.0. The molecular weight excluding hydrogens is 524 g/mol. The van der Waals surface area contributed by atoms with Crippen LogP contribution >= 0.6 is 0 Å². The fourth-order valence-electron chi connectivity index (χ4n) is 5.03. The van der Waals surface area contributed by atoms with Gasteiger partial charge in [0.2, 0.25) is 5.89 Å². The topological polar surface area (TPSA) is 131 Å². The van der Waals surface area contributed by atoms with Crippen molar-refractivity contribution in [2.45, 2.75) is 19.8 Å². The van der Waals surface area contributed by atoms with Crippen LogP contribution in [-0.2, 0) is 0 Å². The van der Waals surface area contributed by atoms with Gasteiger partial charge in [0.05, 0.1) is 30.3 Å². The van der Waals surface area contributed by atoms with Crippen LogP contribution in [0.1, 0.15) is 39.3 Å². The molecule has 1 fully saturated rings. The van der Waals surface area contributed by atoms with E-state index in [9.17, 15) is 9.59 Å². The molecular formula is C31H28N4O6. The summed E-state index contributed by atoms with van der Waals surface area (Å²) in [4.78, 5) is 35.2. The van der Waals surface area contributed by atoms with Crippen molar-refractivity contribution in [3.63, 3.8) is 0 Å². The van der Waals surface area contributed by atoms with Crippen molar-refractivity contribution in [3.05, 3.63) is 90.1 Å². The van der Waals surface area contributed by atoms with E-state index in [-0.39, 0.29) is 17.2 Å². The van der Waals surface area contributed by atoms with Crippen LogP contribution in [0.5, 0.6) is 5.75 Å². The number of aromatic carboxylic acids is 1. The number of carboxylic acids is 1. The highest BCUT2D eigenvalue weighted by Crippen LogP contribution is 2.30. The largest absolute Gasteiger partial charge is 0.493 e. The number of carbonyl (C=O) groups is 2. The molecule has 3 aromatic heterocycles. The Morgan fingerprint density at radius 1 is 1.10 bits per heavy atom. The number of benzene rings is 2. The lowest BCUT2D eigenvalue weighted by Gasteiger charge is -2.32. The molecule has 0 saturated carbocycles. The number of oxazole rings is 1. The Labute approximate surface area is 235 Å². The van der Waals surface area contributed by atoms with Crippen molar-refractivity contribution in [1.82, 2.24) is 9.97 Å². The number of pyridine rings is 1. The van der Waals surface area contributed by atoms with Crippen LogP contribution in [0.4, 0.5) is 11.5 Å². The number of aromatic nitrogens is 2. The van der Waals surface area contributed by atoms with Crippen LogP contribution in [-0.4, -0.2) is 46.6 Å². The maximum atomic E-state index is 13.0. The van der Waals surface area contributed by atoms with Crippen LogP contribution in [0, 0.1) is 12.8 Å². The lowest BCUT2D eigenvalue weighted by atomic mass is 9.98. The summed E-state index contributed by atoms with van der Waals surface area (Å²) < 4.78 is 17.1. The van der Waals surface area contributed by atoms with E-state index in [1.54, 1.807) is 42.7 Å². The van der Waals surface area contributed by atoms with Gasteiger partial charge in [-0.05, 0) is 74.2 Å². The fraction of sp³-hybridized carbons (Fsp3) is 0.226. The van der Waals surface area contributed by atoms with E-state index >= 15 is 0 Å². The number of hydrogen-bond acceptors (Lipinski definition) is 8. The molecule has 1 saturated heterocycles. The first kappa shape index (κ1) is 26.1. The standard InChI is InChI=1S/C31H28N4O6/c1-19-25-16-21(30-32-11-14-39-30)5-7-26(25)41-28(19)29(36)34-23-6-8-27(33-17-23)35-12-9-20(10-13-35)18-40-24-4-2-3-22(15-24)31(37)38/h2-8,11,14-17,20H,9-10,12-13,18H2,1H3,(H,34,36)(H,37,38). The number of anilines is 2. The molecule has 0 unspecified atom stereocenters. The van der Waals surface area contributed by atoms with Gasteiger partial charge in [0.15, 0.2) is 5.76 Å². The third kappa shape index (κ3) is 5.62. The van der Waals surface area contributed by atoms with Gasteiger partial charge >= 0.3 is 5.97 Å². The minimum Gasteiger partial charge on any atom is -0.493 e. The number of nitrogens with zero attached hydrogens (tertiary/aromatic N) is 3. The number of carbonyl (C=O) groups excluding carboxylic acids is 1. The maximum Gasteiger partial charge on any atom is 0.335 e. The summed E-state index contributed by atoms with van der Waals surface area (Å²) in [5.74, 6) is 1.22. The van der Waals surface area contributed by atoms with Gasteiger partial charge in [-0.25, -0.2) is 14.8 Å². The molecule has 1 aliphatic heterocycles. The molecule has 1 amide bonds. The van der Waals surface area contributed by atoms with Gasteiger partial charge in [-0.15, -0.1) is 0 Å². The zero-order valence-electron chi connectivity index (χ0n) is 22.4. The average molecular weight is 553 g/mol. The summed E-state index contributed by atoms with van der Waals surface area (Å²) >= 11 is 0. The molecule has 2 aromatic carbocycles. The Bertz CT molecular complexity index is 1690. The fourth-order valence-corrected chi connectivity index (χ4v) is 5.03. The van der Waals surface area contributed by atoms with Crippen LogP contribution in [0.25, 0.3) is 22.4 Å². The number of rotatable bonds is 8. The summed E-state index contributed by atoms with van der Waals surface area (Å²) in [6.45, 7) is 4.05. The van der Waals surface area contributed by atoms with E-state index in [2.05, 4.69) is 20.2 Å². The average Bonchev–Trinajstić information content (AvgIpc) is 3.65. The van der Waals surface area contributed by atoms with Crippen molar-refractivity contribution in [2.24, 2.45) is 5.92 Å². The van der Waals surface area contributed by atoms with Crippen LogP contribution in [0.2, 0.25) is 0 Å². The first-order valence-corrected chi connectivity index (χ1v) is 13.4. The number of amides is 1. The van der Waals surface area contributed by atoms with E-state index in [0.717, 1.165) is 48.3 Å². The Kier molecular flexibility index (Phi) is 7.11. The first-order valence-electron chi connectivity index (χ1n) is 13.4. The molecule has 10 nitrogen and oxygen atoms in total. The SMILES string of the molecule is Cc1c(C(=O)Nc2ccc(N3CCC(COc4cccc(C(=O)O)c4)CC3)nc2)oc2ccc(-c3ncco3)cc12. The third-order valence-corrected chi connectivity index (χ3v) is 7.33. The summed E-state index contributed by atoms with van der Waals surface area (Å²) in [6.07, 6.45) is 6.62. The lowest BCUT2D eigenvalue weighted by Crippen LogP contribution is -2.36. The highest BCUT2D eigenvalue weighted by molar-refractivity contribution is 6.06. The number of aryl methyl sites for hydroxylation is 1. The molecule has 6 rings (SSSR count). The summed E-state index contributed by atoms with van der Waals surface area (Å²) in [5.41, 5.74) is 2.94. The van der Waals surface area contributed by atoms with Crippen LogP contribution in [0.3, 0.4) is 0 Å². The zero-order chi connectivity index (χ0) is 28.3. The highest BCUT2D eigenvalue weighted by atomic mass is 16.5. The third-order valence-electron chi connectivity index (χ3n) is 7.33. The minimum absolute atomic E-state index is 0.216. The van der Waals surface area contributed by atoms with Crippen molar-refractivity contribution >= 4 is 34.4 Å². The molecule has 41 heavy (non-hydrogen) atoms. The van der Waals surface area contributed by atoms with Gasteiger partial charge in [-0.3, -0.25) is 4.79 Å². The van der Waals surface area contributed by atoms with Crippen molar-refractivity contribution in [2.75, 3.05) is 29.9 Å². The molecule has 208 valence electrons. The lowest BCUT2D eigenvalue weighted by molar-refractivity contribution is 0.0696. The summed E-state index contributed by atoms with van der Waals surface area (Å²) in [5, 5.41) is 12.9. The van der Waals surface area contributed by atoms with Gasteiger partial charge < -0.3 is 28.9 Å². The van der Waals surface area contributed by atoms with Gasteiger partial charge in [0.1, 0.15) is 23.4 Å². The molecule has 1 aliphatic rings.